The van der Waals surface area contributed by atoms with Crippen LogP contribution in [0.15, 0.2) is 54.6 Å². The van der Waals surface area contributed by atoms with Crippen LogP contribution in [0.2, 0.25) is 0 Å². The summed E-state index contributed by atoms with van der Waals surface area (Å²) in [5, 5.41) is 4.02. The number of hydrogen-bond acceptors (Lipinski definition) is 3. The van der Waals surface area contributed by atoms with Gasteiger partial charge in [-0.3, -0.25) is 0 Å². The molecule has 1 saturated carbocycles. The average molecular weight is 367 g/mol. The van der Waals surface area contributed by atoms with E-state index >= 15 is 0 Å². The zero-order valence-electron chi connectivity index (χ0n) is 17.0. The number of rotatable bonds is 7. The van der Waals surface area contributed by atoms with Gasteiger partial charge in [0.25, 0.3) is 0 Å². The van der Waals surface area contributed by atoms with Crippen molar-refractivity contribution in [3.05, 3.63) is 60.2 Å². The first-order chi connectivity index (χ1) is 13.2. The molecule has 0 amide bonds. The molecular weight excluding hydrogens is 332 g/mol. The van der Waals surface area contributed by atoms with Crippen LogP contribution in [0.4, 0.5) is 5.69 Å². The standard InChI is InChI=1S/C24H34N2O/c1-19(26(2)22-17-11-12-18-23(22)27-3)24(20-13-7-6-8-14-20)25-21-15-9-4-5-10-16-21/h6-8,11-14,17-19,21,24-25H,4-5,9-10,15-16H2,1-3H3. The summed E-state index contributed by atoms with van der Waals surface area (Å²) < 4.78 is 5.61. The Morgan fingerprint density at radius 3 is 2.22 bits per heavy atom. The highest BCUT2D eigenvalue weighted by Gasteiger charge is 2.27. The van der Waals surface area contributed by atoms with Gasteiger partial charge in [0.2, 0.25) is 0 Å². The van der Waals surface area contributed by atoms with Crippen molar-refractivity contribution in [2.24, 2.45) is 0 Å². The third-order valence-corrected chi connectivity index (χ3v) is 5.99. The summed E-state index contributed by atoms with van der Waals surface area (Å²) in [5.41, 5.74) is 2.49. The van der Waals surface area contributed by atoms with E-state index in [-0.39, 0.29) is 6.04 Å². The SMILES string of the molecule is COc1ccccc1N(C)C(C)C(NC1CCCCCC1)c1ccccc1. The summed E-state index contributed by atoms with van der Waals surface area (Å²) in [6.45, 7) is 2.31. The molecule has 1 aliphatic rings. The topological polar surface area (TPSA) is 24.5 Å². The Bertz CT molecular complexity index is 680. The molecule has 3 nitrogen and oxygen atoms in total. The molecule has 3 rings (SSSR count). The molecule has 2 atom stereocenters. The Hall–Kier alpha value is -2.00. The Morgan fingerprint density at radius 2 is 1.56 bits per heavy atom. The van der Waals surface area contributed by atoms with E-state index in [0.29, 0.717) is 12.1 Å². The molecule has 2 unspecified atom stereocenters. The molecule has 0 bridgehead atoms. The number of methoxy groups -OCH3 is 1. The number of anilines is 1. The molecule has 0 radical (unpaired) electrons. The highest BCUT2D eigenvalue weighted by molar-refractivity contribution is 5.58. The molecule has 0 aromatic heterocycles. The van der Waals surface area contributed by atoms with E-state index in [1.165, 1.54) is 44.1 Å². The van der Waals surface area contributed by atoms with Gasteiger partial charge in [-0.2, -0.15) is 0 Å². The van der Waals surface area contributed by atoms with Crippen molar-refractivity contribution in [1.29, 1.82) is 0 Å². The minimum atomic E-state index is 0.282. The first-order valence-corrected chi connectivity index (χ1v) is 10.4. The van der Waals surface area contributed by atoms with Crippen LogP contribution in [0.25, 0.3) is 0 Å². The number of benzene rings is 2. The number of likely N-dealkylation sites (N-methyl/N-ethyl adjacent to an activating group) is 1. The van der Waals surface area contributed by atoms with Gasteiger partial charge >= 0.3 is 0 Å². The minimum Gasteiger partial charge on any atom is -0.495 e. The lowest BCUT2D eigenvalue weighted by molar-refractivity contribution is 0.359. The Morgan fingerprint density at radius 1 is 0.926 bits per heavy atom. The van der Waals surface area contributed by atoms with Crippen molar-refractivity contribution in [3.8, 4) is 5.75 Å². The predicted molar refractivity (Wildman–Crippen MR) is 115 cm³/mol. The highest BCUT2D eigenvalue weighted by atomic mass is 16.5. The molecule has 0 spiro atoms. The Balaban J connectivity index is 1.84. The molecule has 1 fully saturated rings. The highest BCUT2D eigenvalue weighted by Crippen LogP contribution is 2.32. The lowest BCUT2D eigenvalue weighted by Gasteiger charge is -2.37. The second kappa shape index (κ2) is 9.80. The van der Waals surface area contributed by atoms with E-state index in [1.54, 1.807) is 7.11 Å². The number of hydrogen-bond donors (Lipinski definition) is 1. The third kappa shape index (κ3) is 5.04. The summed E-state index contributed by atoms with van der Waals surface area (Å²) >= 11 is 0. The quantitative estimate of drug-likeness (QED) is 0.648. The second-order valence-electron chi connectivity index (χ2n) is 7.77. The molecule has 27 heavy (non-hydrogen) atoms. The summed E-state index contributed by atoms with van der Waals surface area (Å²) in [6.07, 6.45) is 8.02. The average Bonchev–Trinajstić information content (AvgIpc) is 3.00. The van der Waals surface area contributed by atoms with Gasteiger partial charge in [-0.1, -0.05) is 68.1 Å². The zero-order valence-corrected chi connectivity index (χ0v) is 17.0. The number of nitrogens with zero attached hydrogens (tertiary/aromatic N) is 1. The van der Waals surface area contributed by atoms with E-state index in [4.69, 9.17) is 4.74 Å². The monoisotopic (exact) mass is 366 g/mol. The zero-order chi connectivity index (χ0) is 19.1. The summed E-state index contributed by atoms with van der Waals surface area (Å²) in [4.78, 5) is 2.35. The lowest BCUT2D eigenvalue weighted by Crippen LogP contribution is -2.45. The van der Waals surface area contributed by atoms with Crippen molar-refractivity contribution in [2.45, 2.75) is 63.6 Å². The van der Waals surface area contributed by atoms with Gasteiger partial charge in [0.05, 0.1) is 18.8 Å². The molecule has 1 aliphatic carbocycles. The fraction of sp³-hybridized carbons (Fsp3) is 0.500. The van der Waals surface area contributed by atoms with Crippen molar-refractivity contribution < 1.29 is 4.74 Å². The maximum absolute atomic E-state index is 5.61. The van der Waals surface area contributed by atoms with Crippen molar-refractivity contribution >= 4 is 5.69 Å². The van der Waals surface area contributed by atoms with Crippen LogP contribution in [-0.2, 0) is 0 Å². The number of para-hydroxylation sites is 2. The van der Waals surface area contributed by atoms with Gasteiger partial charge < -0.3 is 15.0 Å². The van der Waals surface area contributed by atoms with Gasteiger partial charge in [-0.15, -0.1) is 0 Å². The lowest BCUT2D eigenvalue weighted by atomic mass is 9.96. The summed E-state index contributed by atoms with van der Waals surface area (Å²) in [5.74, 6) is 0.924. The van der Waals surface area contributed by atoms with Crippen molar-refractivity contribution in [2.75, 3.05) is 19.1 Å². The van der Waals surface area contributed by atoms with Crippen molar-refractivity contribution in [3.63, 3.8) is 0 Å². The van der Waals surface area contributed by atoms with Gasteiger partial charge in [0.15, 0.2) is 0 Å². The van der Waals surface area contributed by atoms with E-state index < -0.39 is 0 Å². The van der Waals surface area contributed by atoms with Crippen LogP contribution in [0.5, 0.6) is 5.75 Å². The van der Waals surface area contributed by atoms with Crippen LogP contribution in [0.3, 0.4) is 0 Å². The summed E-state index contributed by atoms with van der Waals surface area (Å²) in [6, 6.07) is 20.4. The van der Waals surface area contributed by atoms with Crippen LogP contribution in [0.1, 0.15) is 57.1 Å². The molecule has 146 valence electrons. The molecule has 2 aromatic carbocycles. The van der Waals surface area contributed by atoms with E-state index in [1.807, 2.05) is 12.1 Å². The first kappa shape index (κ1) is 19.8. The van der Waals surface area contributed by atoms with Crippen molar-refractivity contribution in [1.82, 2.24) is 5.32 Å². The largest absolute Gasteiger partial charge is 0.495 e. The van der Waals surface area contributed by atoms with Crippen LogP contribution in [0, 0.1) is 0 Å². The number of ether oxygens (including phenoxy) is 1. The molecule has 0 saturated heterocycles. The smallest absolute Gasteiger partial charge is 0.142 e. The van der Waals surface area contributed by atoms with Gasteiger partial charge in [0.1, 0.15) is 5.75 Å². The molecule has 2 aromatic rings. The molecular formula is C24H34N2O. The fourth-order valence-electron chi connectivity index (χ4n) is 4.24. The fourth-order valence-corrected chi connectivity index (χ4v) is 4.24. The maximum Gasteiger partial charge on any atom is 0.142 e. The van der Waals surface area contributed by atoms with Gasteiger partial charge in [-0.25, -0.2) is 0 Å². The Labute approximate surface area is 164 Å². The molecule has 0 heterocycles. The van der Waals surface area contributed by atoms with Crippen LogP contribution >= 0.6 is 0 Å². The first-order valence-electron chi connectivity index (χ1n) is 10.4. The van der Waals surface area contributed by atoms with Gasteiger partial charge in [0, 0.05) is 19.1 Å². The maximum atomic E-state index is 5.61. The second-order valence-corrected chi connectivity index (χ2v) is 7.77. The van der Waals surface area contributed by atoms with E-state index in [2.05, 4.69) is 66.7 Å². The molecule has 0 aliphatic heterocycles. The van der Waals surface area contributed by atoms with Crippen LogP contribution < -0.4 is 15.0 Å². The number of nitrogens with one attached hydrogen (secondary N) is 1. The van der Waals surface area contributed by atoms with E-state index in [0.717, 1.165) is 11.4 Å². The molecule has 3 heteroatoms. The van der Waals surface area contributed by atoms with Crippen LogP contribution in [-0.4, -0.2) is 26.2 Å². The predicted octanol–water partition coefficient (Wildman–Crippen LogP) is 5.57. The minimum absolute atomic E-state index is 0.282. The molecule has 1 N–H and O–H groups in total. The Kier molecular flexibility index (Phi) is 7.17. The normalized spacial score (nSPS) is 17.7. The summed E-state index contributed by atoms with van der Waals surface area (Å²) in [7, 11) is 3.92. The van der Waals surface area contributed by atoms with E-state index in [9.17, 15) is 0 Å². The third-order valence-electron chi connectivity index (χ3n) is 5.99. The van der Waals surface area contributed by atoms with Gasteiger partial charge in [-0.05, 0) is 37.5 Å².